The molecule has 0 saturated carbocycles. The van der Waals surface area contributed by atoms with Crippen LogP contribution in [0, 0.1) is 0 Å². The van der Waals surface area contributed by atoms with Gasteiger partial charge in [-0.15, -0.1) is 0 Å². The van der Waals surface area contributed by atoms with Crippen LogP contribution in [0.1, 0.15) is 6.92 Å². The van der Waals surface area contributed by atoms with Crippen LogP contribution in [0.15, 0.2) is 35.9 Å². The Balaban J connectivity index is 2.88. The SMILES string of the molecule is C=C/C=C1/B(O)OC/C1=C/C. The first-order valence-corrected chi connectivity index (χ1v) is 3.57. The van der Waals surface area contributed by atoms with E-state index in [1.54, 1.807) is 12.2 Å². The molecular weight excluding hydrogens is 139 g/mol. The van der Waals surface area contributed by atoms with Crippen LogP contribution in [0.5, 0.6) is 0 Å². The van der Waals surface area contributed by atoms with Crippen molar-refractivity contribution in [3.63, 3.8) is 0 Å². The summed E-state index contributed by atoms with van der Waals surface area (Å²) in [5.74, 6) is 0. The van der Waals surface area contributed by atoms with Gasteiger partial charge in [-0.05, 0) is 18.0 Å². The molecule has 0 aromatic heterocycles. The Hall–Kier alpha value is -0.795. The zero-order valence-corrected chi connectivity index (χ0v) is 6.58. The predicted octanol–water partition coefficient (Wildman–Crippen LogP) is 1.09. The molecular formula is C8H11BO2. The van der Waals surface area contributed by atoms with Crippen molar-refractivity contribution < 1.29 is 9.68 Å². The van der Waals surface area contributed by atoms with Crippen LogP contribution in [-0.4, -0.2) is 18.7 Å². The van der Waals surface area contributed by atoms with E-state index in [0.29, 0.717) is 6.61 Å². The molecule has 0 atom stereocenters. The van der Waals surface area contributed by atoms with E-state index >= 15 is 0 Å². The maximum absolute atomic E-state index is 9.24. The van der Waals surface area contributed by atoms with Gasteiger partial charge >= 0.3 is 7.12 Å². The van der Waals surface area contributed by atoms with Gasteiger partial charge in [0.05, 0.1) is 6.61 Å². The van der Waals surface area contributed by atoms with Crippen LogP contribution in [0.3, 0.4) is 0 Å². The molecule has 0 bridgehead atoms. The molecule has 1 aliphatic heterocycles. The third-order valence-electron chi connectivity index (χ3n) is 1.68. The first kappa shape index (κ1) is 8.30. The summed E-state index contributed by atoms with van der Waals surface area (Å²) in [5.41, 5.74) is 1.86. The van der Waals surface area contributed by atoms with Crippen molar-refractivity contribution in [2.24, 2.45) is 0 Å². The summed E-state index contributed by atoms with van der Waals surface area (Å²) in [6.45, 7) is 5.98. The fourth-order valence-electron chi connectivity index (χ4n) is 1.07. The Bertz CT molecular complexity index is 218. The lowest BCUT2D eigenvalue weighted by atomic mass is 9.77. The predicted molar refractivity (Wildman–Crippen MR) is 46.0 cm³/mol. The number of hydrogen-bond donors (Lipinski definition) is 1. The van der Waals surface area contributed by atoms with Gasteiger partial charge < -0.3 is 9.68 Å². The lowest BCUT2D eigenvalue weighted by Gasteiger charge is -1.95. The second-order valence-electron chi connectivity index (χ2n) is 2.33. The van der Waals surface area contributed by atoms with Gasteiger partial charge in [-0.3, -0.25) is 0 Å². The minimum absolute atomic E-state index is 0.497. The monoisotopic (exact) mass is 150 g/mol. The molecule has 0 amide bonds. The highest BCUT2D eigenvalue weighted by Gasteiger charge is 2.28. The van der Waals surface area contributed by atoms with Crippen molar-refractivity contribution in [1.82, 2.24) is 0 Å². The minimum atomic E-state index is -0.765. The fraction of sp³-hybridized carbons (Fsp3) is 0.250. The highest BCUT2D eigenvalue weighted by atomic mass is 16.5. The molecule has 0 radical (unpaired) electrons. The minimum Gasteiger partial charge on any atom is -0.423 e. The Morgan fingerprint density at radius 3 is 3.00 bits per heavy atom. The summed E-state index contributed by atoms with van der Waals surface area (Å²) >= 11 is 0. The maximum atomic E-state index is 9.24. The van der Waals surface area contributed by atoms with E-state index in [9.17, 15) is 5.02 Å². The van der Waals surface area contributed by atoms with Crippen molar-refractivity contribution in [1.29, 1.82) is 0 Å². The normalized spacial score (nSPS) is 25.1. The number of allylic oxidation sites excluding steroid dienone is 3. The van der Waals surface area contributed by atoms with E-state index in [4.69, 9.17) is 4.65 Å². The van der Waals surface area contributed by atoms with Crippen LogP contribution in [0.25, 0.3) is 0 Å². The van der Waals surface area contributed by atoms with E-state index in [1.165, 1.54) is 0 Å². The van der Waals surface area contributed by atoms with Gasteiger partial charge in [0, 0.05) is 0 Å². The van der Waals surface area contributed by atoms with Gasteiger partial charge in [-0.2, -0.15) is 0 Å². The fourth-order valence-corrected chi connectivity index (χ4v) is 1.07. The zero-order chi connectivity index (χ0) is 8.27. The second-order valence-corrected chi connectivity index (χ2v) is 2.33. The molecule has 0 spiro atoms. The molecule has 11 heavy (non-hydrogen) atoms. The Kier molecular flexibility index (Phi) is 2.68. The summed E-state index contributed by atoms with van der Waals surface area (Å²) in [5, 5.41) is 9.24. The molecule has 2 nitrogen and oxygen atoms in total. The lowest BCUT2D eigenvalue weighted by Crippen LogP contribution is -2.12. The first-order chi connectivity index (χ1) is 5.29. The highest BCUT2D eigenvalue weighted by molar-refractivity contribution is 6.55. The van der Waals surface area contributed by atoms with Crippen molar-refractivity contribution in [3.8, 4) is 0 Å². The van der Waals surface area contributed by atoms with E-state index in [-0.39, 0.29) is 0 Å². The van der Waals surface area contributed by atoms with E-state index in [1.807, 2.05) is 13.0 Å². The summed E-state index contributed by atoms with van der Waals surface area (Å²) < 4.78 is 4.99. The van der Waals surface area contributed by atoms with Crippen molar-refractivity contribution in [2.75, 3.05) is 6.61 Å². The summed E-state index contributed by atoms with van der Waals surface area (Å²) in [4.78, 5) is 0. The van der Waals surface area contributed by atoms with Gasteiger partial charge in [0.15, 0.2) is 0 Å². The van der Waals surface area contributed by atoms with Crippen LogP contribution in [-0.2, 0) is 4.65 Å². The summed E-state index contributed by atoms with van der Waals surface area (Å²) in [6, 6.07) is 0. The van der Waals surface area contributed by atoms with Crippen molar-refractivity contribution in [3.05, 3.63) is 35.9 Å². The number of rotatable bonds is 1. The quantitative estimate of drug-likeness (QED) is 0.567. The van der Waals surface area contributed by atoms with E-state index < -0.39 is 7.12 Å². The molecule has 58 valence electrons. The molecule has 1 rings (SSSR count). The molecule has 0 aromatic carbocycles. The van der Waals surface area contributed by atoms with Gasteiger partial charge in [0.1, 0.15) is 0 Å². The van der Waals surface area contributed by atoms with Crippen LogP contribution in [0.2, 0.25) is 0 Å². The Morgan fingerprint density at radius 2 is 2.45 bits per heavy atom. The smallest absolute Gasteiger partial charge is 0.423 e. The summed E-state index contributed by atoms with van der Waals surface area (Å²) in [6.07, 6.45) is 5.36. The molecule has 0 aliphatic carbocycles. The first-order valence-electron chi connectivity index (χ1n) is 3.57. The van der Waals surface area contributed by atoms with Crippen LogP contribution < -0.4 is 0 Å². The highest BCUT2D eigenvalue weighted by Crippen LogP contribution is 2.20. The van der Waals surface area contributed by atoms with Gasteiger partial charge in [-0.25, -0.2) is 0 Å². The average Bonchev–Trinajstić information content (AvgIpc) is 2.34. The molecule has 0 unspecified atom stereocenters. The zero-order valence-electron chi connectivity index (χ0n) is 6.58. The van der Waals surface area contributed by atoms with E-state index in [0.717, 1.165) is 11.0 Å². The largest absolute Gasteiger partial charge is 0.491 e. The van der Waals surface area contributed by atoms with E-state index in [2.05, 4.69) is 6.58 Å². The molecule has 1 heterocycles. The maximum Gasteiger partial charge on any atom is 0.491 e. The van der Waals surface area contributed by atoms with Gasteiger partial charge in [0.2, 0.25) is 0 Å². The molecule has 1 N–H and O–H groups in total. The Morgan fingerprint density at radius 1 is 1.73 bits per heavy atom. The number of hydrogen-bond acceptors (Lipinski definition) is 2. The topological polar surface area (TPSA) is 29.5 Å². The summed E-state index contributed by atoms with van der Waals surface area (Å²) in [7, 11) is -0.765. The van der Waals surface area contributed by atoms with Crippen LogP contribution >= 0.6 is 0 Å². The van der Waals surface area contributed by atoms with Crippen LogP contribution in [0.4, 0.5) is 0 Å². The lowest BCUT2D eigenvalue weighted by molar-refractivity contribution is 0.316. The standard InChI is InChI=1S/C8H11BO2/c1-3-5-8-7(4-2)6-11-9(8)10/h3-5,10H,1,6H2,2H3/b7-4-,8-5+. The van der Waals surface area contributed by atoms with Gasteiger partial charge in [0.25, 0.3) is 0 Å². The second kappa shape index (κ2) is 3.55. The van der Waals surface area contributed by atoms with Crippen molar-refractivity contribution in [2.45, 2.75) is 6.92 Å². The average molecular weight is 150 g/mol. The molecule has 0 aromatic rings. The molecule has 1 aliphatic rings. The molecule has 1 saturated heterocycles. The molecule has 1 fully saturated rings. The van der Waals surface area contributed by atoms with Gasteiger partial charge in [-0.1, -0.05) is 24.8 Å². The van der Waals surface area contributed by atoms with Crippen molar-refractivity contribution >= 4 is 7.12 Å². The molecule has 3 heteroatoms. The third-order valence-corrected chi connectivity index (χ3v) is 1.68. The Labute approximate surface area is 67.0 Å². The third kappa shape index (κ3) is 1.61.